The van der Waals surface area contributed by atoms with E-state index in [1.807, 2.05) is 0 Å². The normalized spacial score (nSPS) is 13.0. The van der Waals surface area contributed by atoms with Crippen molar-refractivity contribution in [1.29, 1.82) is 0 Å². The van der Waals surface area contributed by atoms with Crippen molar-refractivity contribution in [2.75, 3.05) is 13.7 Å². The molecular weight excluding hydrogens is 318 g/mol. The molecule has 126 valence electrons. The first-order valence-corrected chi connectivity index (χ1v) is 8.59. The molecule has 0 saturated carbocycles. The Labute approximate surface area is 136 Å². The third-order valence-electron chi connectivity index (χ3n) is 3.45. The number of nitrogens with zero attached hydrogens (tertiary/aromatic N) is 2. The standard InChI is InChI=1S/C15H21N3O4S/c1-11-6-14(22-3)4-5-15(11)23(20,21)17-13(10-19)7-12-8-16-18(2)9-12/h4-6,8-9,13,17,19H,7,10H2,1-3H3. The van der Waals surface area contributed by atoms with Crippen molar-refractivity contribution in [3.8, 4) is 5.75 Å². The predicted molar refractivity (Wildman–Crippen MR) is 85.8 cm³/mol. The van der Waals surface area contributed by atoms with Crippen molar-refractivity contribution >= 4 is 10.0 Å². The van der Waals surface area contributed by atoms with Crippen molar-refractivity contribution in [3.63, 3.8) is 0 Å². The molecule has 23 heavy (non-hydrogen) atoms. The van der Waals surface area contributed by atoms with Gasteiger partial charge in [-0.2, -0.15) is 5.10 Å². The van der Waals surface area contributed by atoms with Crippen LogP contribution in [0.15, 0.2) is 35.5 Å². The minimum absolute atomic E-state index is 0.169. The highest BCUT2D eigenvalue weighted by molar-refractivity contribution is 7.89. The van der Waals surface area contributed by atoms with Crippen LogP contribution >= 0.6 is 0 Å². The lowest BCUT2D eigenvalue weighted by Crippen LogP contribution is -2.39. The smallest absolute Gasteiger partial charge is 0.241 e. The van der Waals surface area contributed by atoms with Gasteiger partial charge in [0.25, 0.3) is 0 Å². The van der Waals surface area contributed by atoms with Gasteiger partial charge in [0, 0.05) is 19.3 Å². The van der Waals surface area contributed by atoms with Crippen molar-refractivity contribution < 1.29 is 18.3 Å². The van der Waals surface area contributed by atoms with Crippen molar-refractivity contribution in [1.82, 2.24) is 14.5 Å². The molecule has 2 N–H and O–H groups in total. The third-order valence-corrected chi connectivity index (χ3v) is 5.13. The van der Waals surface area contributed by atoms with Gasteiger partial charge >= 0.3 is 0 Å². The molecule has 1 aromatic heterocycles. The molecule has 2 rings (SSSR count). The van der Waals surface area contributed by atoms with Crippen LogP contribution in [0.2, 0.25) is 0 Å². The molecule has 0 amide bonds. The summed E-state index contributed by atoms with van der Waals surface area (Å²) in [5.41, 5.74) is 1.43. The Balaban J connectivity index is 2.18. The molecule has 0 radical (unpaired) electrons. The molecule has 7 nitrogen and oxygen atoms in total. The average Bonchev–Trinajstić information content (AvgIpc) is 2.90. The molecule has 0 fully saturated rings. The van der Waals surface area contributed by atoms with Crippen molar-refractivity contribution in [2.45, 2.75) is 24.3 Å². The maximum atomic E-state index is 12.5. The van der Waals surface area contributed by atoms with E-state index in [1.165, 1.54) is 13.2 Å². The first-order valence-electron chi connectivity index (χ1n) is 7.11. The SMILES string of the molecule is COc1ccc(S(=O)(=O)NC(CO)Cc2cnn(C)c2)c(C)c1. The molecule has 1 atom stereocenters. The quantitative estimate of drug-likeness (QED) is 0.771. The summed E-state index contributed by atoms with van der Waals surface area (Å²) in [5.74, 6) is 0.593. The number of nitrogens with one attached hydrogen (secondary N) is 1. The van der Waals surface area contributed by atoms with E-state index in [9.17, 15) is 13.5 Å². The van der Waals surface area contributed by atoms with Crippen LogP contribution < -0.4 is 9.46 Å². The Bertz CT molecular complexity index is 771. The molecule has 2 aromatic rings. The van der Waals surface area contributed by atoms with Gasteiger partial charge in [-0.1, -0.05) is 0 Å². The molecule has 0 aliphatic carbocycles. The number of hydrogen-bond donors (Lipinski definition) is 2. The minimum Gasteiger partial charge on any atom is -0.497 e. The number of benzene rings is 1. The summed E-state index contributed by atoms with van der Waals surface area (Å²) in [6.45, 7) is 1.40. The van der Waals surface area contributed by atoms with Gasteiger partial charge in [-0.25, -0.2) is 13.1 Å². The van der Waals surface area contributed by atoms with Crippen LogP contribution in [0.4, 0.5) is 0 Å². The highest BCUT2D eigenvalue weighted by Gasteiger charge is 2.22. The molecule has 8 heteroatoms. The summed E-state index contributed by atoms with van der Waals surface area (Å²) in [6, 6.07) is 4.13. The molecule has 0 bridgehead atoms. The van der Waals surface area contributed by atoms with E-state index in [4.69, 9.17) is 4.74 Å². The van der Waals surface area contributed by atoms with Crippen LogP contribution in [-0.4, -0.2) is 43.1 Å². The van der Waals surface area contributed by atoms with Crippen molar-refractivity contribution in [3.05, 3.63) is 41.7 Å². The molecule has 1 aromatic carbocycles. The van der Waals surface area contributed by atoms with Gasteiger partial charge in [0.15, 0.2) is 0 Å². The van der Waals surface area contributed by atoms with Crippen LogP contribution in [0.25, 0.3) is 0 Å². The van der Waals surface area contributed by atoms with E-state index in [2.05, 4.69) is 9.82 Å². The second-order valence-corrected chi connectivity index (χ2v) is 7.04. The van der Waals surface area contributed by atoms with Gasteiger partial charge in [0.05, 0.1) is 24.8 Å². The number of methoxy groups -OCH3 is 1. The zero-order chi connectivity index (χ0) is 17.0. The summed E-state index contributed by atoms with van der Waals surface area (Å²) < 4.78 is 34.3. The lowest BCUT2D eigenvalue weighted by molar-refractivity contribution is 0.256. The first kappa shape index (κ1) is 17.5. The Kier molecular flexibility index (Phi) is 5.40. The van der Waals surface area contributed by atoms with E-state index in [0.717, 1.165) is 5.56 Å². The number of hydrogen-bond acceptors (Lipinski definition) is 5. The van der Waals surface area contributed by atoms with Crippen molar-refractivity contribution in [2.24, 2.45) is 7.05 Å². The summed E-state index contributed by atoms with van der Waals surface area (Å²) in [6.07, 6.45) is 3.80. The van der Waals surface area contributed by atoms with E-state index < -0.39 is 16.1 Å². The predicted octanol–water partition coefficient (Wildman–Crippen LogP) is 0.619. The number of ether oxygens (including phenoxy) is 1. The Morgan fingerprint density at radius 1 is 1.43 bits per heavy atom. The van der Waals surface area contributed by atoms with Gasteiger partial charge in [0.1, 0.15) is 5.75 Å². The fraction of sp³-hybridized carbons (Fsp3) is 0.400. The maximum absolute atomic E-state index is 12.5. The topological polar surface area (TPSA) is 93.5 Å². The number of rotatable bonds is 7. The monoisotopic (exact) mass is 339 g/mol. The molecule has 0 spiro atoms. The Hall–Kier alpha value is -1.90. The Morgan fingerprint density at radius 3 is 2.70 bits per heavy atom. The number of aliphatic hydroxyl groups excluding tert-OH is 1. The second kappa shape index (κ2) is 7.12. The fourth-order valence-electron chi connectivity index (χ4n) is 2.34. The van der Waals surface area contributed by atoms with E-state index in [1.54, 1.807) is 43.2 Å². The molecular formula is C15H21N3O4S. The fourth-order valence-corrected chi connectivity index (χ4v) is 3.79. The number of aryl methyl sites for hydroxylation is 2. The summed E-state index contributed by atoms with van der Waals surface area (Å²) >= 11 is 0. The molecule has 0 aliphatic heterocycles. The first-order chi connectivity index (χ1) is 10.9. The number of aliphatic hydroxyl groups is 1. The maximum Gasteiger partial charge on any atom is 0.241 e. The summed E-state index contributed by atoms with van der Waals surface area (Å²) in [5, 5.41) is 13.5. The zero-order valence-electron chi connectivity index (χ0n) is 13.4. The molecule has 0 saturated heterocycles. The third kappa shape index (κ3) is 4.31. The van der Waals surface area contributed by atoms with Crippen LogP contribution in [0.1, 0.15) is 11.1 Å². The van der Waals surface area contributed by atoms with Crippen LogP contribution in [-0.2, 0) is 23.5 Å². The largest absolute Gasteiger partial charge is 0.497 e. The Morgan fingerprint density at radius 2 is 2.17 bits per heavy atom. The number of aromatic nitrogens is 2. The summed E-state index contributed by atoms with van der Waals surface area (Å²) in [7, 11) is -0.429. The van der Waals surface area contributed by atoms with E-state index in [-0.39, 0.29) is 11.5 Å². The minimum atomic E-state index is -3.73. The summed E-state index contributed by atoms with van der Waals surface area (Å²) in [4.78, 5) is 0.169. The van der Waals surface area contributed by atoms with Gasteiger partial charge in [0.2, 0.25) is 10.0 Å². The van der Waals surface area contributed by atoms with E-state index in [0.29, 0.717) is 17.7 Å². The molecule has 1 unspecified atom stereocenters. The van der Waals surface area contributed by atoms with Gasteiger partial charge < -0.3 is 9.84 Å². The van der Waals surface area contributed by atoms with Gasteiger partial charge in [-0.15, -0.1) is 0 Å². The molecule has 0 aliphatic rings. The van der Waals surface area contributed by atoms with Crippen LogP contribution in [0.5, 0.6) is 5.75 Å². The van der Waals surface area contributed by atoms with Crippen LogP contribution in [0.3, 0.4) is 0 Å². The number of sulfonamides is 1. The van der Waals surface area contributed by atoms with E-state index >= 15 is 0 Å². The van der Waals surface area contributed by atoms with Gasteiger partial charge in [-0.05, 0) is 42.7 Å². The lowest BCUT2D eigenvalue weighted by Gasteiger charge is -2.17. The van der Waals surface area contributed by atoms with Crippen LogP contribution in [0, 0.1) is 6.92 Å². The second-order valence-electron chi connectivity index (χ2n) is 5.36. The highest BCUT2D eigenvalue weighted by atomic mass is 32.2. The zero-order valence-corrected chi connectivity index (χ0v) is 14.2. The highest BCUT2D eigenvalue weighted by Crippen LogP contribution is 2.21. The van der Waals surface area contributed by atoms with Gasteiger partial charge in [-0.3, -0.25) is 4.68 Å². The molecule has 1 heterocycles. The average molecular weight is 339 g/mol. The lowest BCUT2D eigenvalue weighted by atomic mass is 10.1.